The van der Waals surface area contributed by atoms with Crippen LogP contribution in [0.15, 0.2) is 0 Å². The van der Waals surface area contributed by atoms with E-state index in [1.807, 2.05) is 4.90 Å². The van der Waals surface area contributed by atoms with E-state index >= 15 is 0 Å². The van der Waals surface area contributed by atoms with E-state index in [-0.39, 0.29) is 0 Å². The van der Waals surface area contributed by atoms with Crippen molar-refractivity contribution in [2.75, 3.05) is 6.54 Å². The van der Waals surface area contributed by atoms with Crippen LogP contribution >= 0.6 is 0 Å². The summed E-state index contributed by atoms with van der Waals surface area (Å²) in [6.07, 6.45) is 7.05. The van der Waals surface area contributed by atoms with Crippen molar-refractivity contribution in [2.24, 2.45) is 5.92 Å². The third-order valence-corrected chi connectivity index (χ3v) is 4.08. The molecule has 2 fully saturated rings. The lowest BCUT2D eigenvalue weighted by Gasteiger charge is -2.38. The molecule has 4 nitrogen and oxygen atoms in total. The second-order valence-electron chi connectivity index (χ2n) is 5.32. The van der Waals surface area contributed by atoms with E-state index in [1.165, 1.54) is 0 Å². The highest BCUT2D eigenvalue weighted by Gasteiger charge is 2.30. The van der Waals surface area contributed by atoms with Gasteiger partial charge in [-0.15, -0.1) is 0 Å². The zero-order chi connectivity index (χ0) is 12.3. The lowest BCUT2D eigenvalue weighted by atomic mass is 9.83. The number of amides is 1. The summed E-state index contributed by atoms with van der Waals surface area (Å²) < 4.78 is 0. The Morgan fingerprint density at radius 2 is 1.94 bits per heavy atom. The number of carbonyl (C=O) groups excluding carboxylic acids is 1. The highest BCUT2D eigenvalue weighted by molar-refractivity contribution is 5.77. The van der Waals surface area contributed by atoms with Crippen LogP contribution in [0.4, 0.5) is 0 Å². The quantitative estimate of drug-likeness (QED) is 0.819. The van der Waals surface area contributed by atoms with Crippen LogP contribution < -0.4 is 0 Å². The normalized spacial score (nSPS) is 30.4. The molecule has 0 radical (unpaired) electrons. The van der Waals surface area contributed by atoms with Gasteiger partial charge in [-0.05, 0) is 44.4 Å². The van der Waals surface area contributed by atoms with Crippen molar-refractivity contribution < 1.29 is 14.7 Å². The minimum Gasteiger partial charge on any atom is -0.481 e. The minimum absolute atomic E-state index is 0.292. The van der Waals surface area contributed by atoms with Gasteiger partial charge >= 0.3 is 5.97 Å². The number of hydrogen-bond acceptors (Lipinski definition) is 2. The molecule has 1 saturated heterocycles. The first kappa shape index (κ1) is 12.4. The van der Waals surface area contributed by atoms with Crippen LogP contribution in [0.3, 0.4) is 0 Å². The Morgan fingerprint density at radius 3 is 2.53 bits per heavy atom. The van der Waals surface area contributed by atoms with Gasteiger partial charge in [-0.2, -0.15) is 0 Å². The SMILES string of the molecule is O=C(O)CC1CCC(N2CCCCC2=O)CC1. The molecule has 17 heavy (non-hydrogen) atoms. The van der Waals surface area contributed by atoms with Crippen molar-refractivity contribution >= 4 is 11.9 Å². The van der Waals surface area contributed by atoms with Crippen LogP contribution in [-0.4, -0.2) is 34.5 Å². The molecule has 4 heteroatoms. The molecule has 1 saturated carbocycles. The number of aliphatic carboxylic acids is 1. The Bertz CT molecular complexity index is 295. The summed E-state index contributed by atoms with van der Waals surface area (Å²) in [6.45, 7) is 0.910. The number of carbonyl (C=O) groups is 2. The number of likely N-dealkylation sites (tertiary alicyclic amines) is 1. The zero-order valence-electron chi connectivity index (χ0n) is 10.2. The molecule has 0 aromatic heterocycles. The Labute approximate surface area is 102 Å². The number of piperidine rings is 1. The maximum atomic E-state index is 11.8. The summed E-state index contributed by atoms with van der Waals surface area (Å²) in [5, 5.41) is 8.76. The van der Waals surface area contributed by atoms with Crippen molar-refractivity contribution in [3.8, 4) is 0 Å². The van der Waals surface area contributed by atoms with Gasteiger partial charge in [0.2, 0.25) is 5.91 Å². The molecule has 1 aliphatic carbocycles. The Morgan fingerprint density at radius 1 is 1.24 bits per heavy atom. The molecule has 2 aliphatic rings. The van der Waals surface area contributed by atoms with Crippen molar-refractivity contribution in [1.29, 1.82) is 0 Å². The van der Waals surface area contributed by atoms with Gasteiger partial charge in [0.25, 0.3) is 0 Å². The molecule has 2 rings (SSSR count). The summed E-state index contributed by atoms with van der Waals surface area (Å²) in [4.78, 5) is 24.5. The van der Waals surface area contributed by atoms with Gasteiger partial charge < -0.3 is 10.0 Å². The van der Waals surface area contributed by atoms with Gasteiger partial charge in [-0.3, -0.25) is 9.59 Å². The lowest BCUT2D eigenvalue weighted by Crippen LogP contribution is -2.45. The summed E-state index contributed by atoms with van der Waals surface area (Å²) in [5.41, 5.74) is 0. The van der Waals surface area contributed by atoms with Gasteiger partial charge in [0.15, 0.2) is 0 Å². The van der Waals surface area contributed by atoms with E-state index in [1.54, 1.807) is 0 Å². The van der Waals surface area contributed by atoms with E-state index in [4.69, 9.17) is 5.11 Å². The third kappa shape index (κ3) is 3.20. The van der Waals surface area contributed by atoms with E-state index < -0.39 is 5.97 Å². The van der Waals surface area contributed by atoms with Gasteiger partial charge in [0, 0.05) is 25.4 Å². The van der Waals surface area contributed by atoms with E-state index in [0.29, 0.717) is 30.7 Å². The molecular weight excluding hydrogens is 218 g/mol. The fourth-order valence-electron chi connectivity index (χ4n) is 3.12. The molecule has 0 bridgehead atoms. The second kappa shape index (κ2) is 5.52. The van der Waals surface area contributed by atoms with Gasteiger partial charge in [-0.25, -0.2) is 0 Å². The fourth-order valence-corrected chi connectivity index (χ4v) is 3.12. The van der Waals surface area contributed by atoms with Crippen LogP contribution in [0.1, 0.15) is 51.4 Å². The Balaban J connectivity index is 1.81. The zero-order valence-corrected chi connectivity index (χ0v) is 10.2. The predicted molar refractivity (Wildman–Crippen MR) is 63.6 cm³/mol. The molecule has 1 N–H and O–H groups in total. The molecule has 0 spiro atoms. The highest BCUT2D eigenvalue weighted by atomic mass is 16.4. The number of rotatable bonds is 3. The number of hydrogen-bond donors (Lipinski definition) is 1. The molecule has 1 heterocycles. The van der Waals surface area contributed by atoms with Crippen LogP contribution in [0.5, 0.6) is 0 Å². The van der Waals surface area contributed by atoms with Gasteiger partial charge in [0.1, 0.15) is 0 Å². The maximum absolute atomic E-state index is 11.8. The lowest BCUT2D eigenvalue weighted by molar-refractivity contribution is -0.140. The highest BCUT2D eigenvalue weighted by Crippen LogP contribution is 2.31. The molecule has 0 unspecified atom stereocenters. The van der Waals surface area contributed by atoms with Gasteiger partial charge in [0.05, 0.1) is 0 Å². The van der Waals surface area contributed by atoms with Crippen LogP contribution in [-0.2, 0) is 9.59 Å². The van der Waals surface area contributed by atoms with Crippen LogP contribution in [0.2, 0.25) is 0 Å². The summed E-state index contributed by atoms with van der Waals surface area (Å²) in [5.74, 6) is -0.0657. The summed E-state index contributed by atoms with van der Waals surface area (Å²) >= 11 is 0. The minimum atomic E-state index is -0.692. The van der Waals surface area contributed by atoms with E-state index in [0.717, 1.165) is 45.1 Å². The first-order valence-electron chi connectivity index (χ1n) is 6.68. The van der Waals surface area contributed by atoms with Crippen molar-refractivity contribution in [3.05, 3.63) is 0 Å². The second-order valence-corrected chi connectivity index (χ2v) is 5.32. The molecule has 1 amide bonds. The third-order valence-electron chi connectivity index (χ3n) is 4.08. The number of carboxylic acid groups (broad SMARTS) is 1. The smallest absolute Gasteiger partial charge is 0.303 e. The fraction of sp³-hybridized carbons (Fsp3) is 0.846. The number of carboxylic acids is 1. The average Bonchev–Trinajstić information content (AvgIpc) is 2.30. The summed E-state index contributed by atoms with van der Waals surface area (Å²) in [7, 11) is 0. The van der Waals surface area contributed by atoms with Crippen LogP contribution in [0.25, 0.3) is 0 Å². The van der Waals surface area contributed by atoms with Crippen LogP contribution in [0, 0.1) is 5.92 Å². The molecule has 1 aliphatic heterocycles. The topological polar surface area (TPSA) is 57.6 Å². The van der Waals surface area contributed by atoms with Crippen molar-refractivity contribution in [2.45, 2.75) is 57.4 Å². The largest absolute Gasteiger partial charge is 0.481 e. The Hall–Kier alpha value is -1.06. The molecule has 0 aromatic carbocycles. The monoisotopic (exact) mass is 239 g/mol. The Kier molecular flexibility index (Phi) is 4.02. The first-order valence-corrected chi connectivity index (χ1v) is 6.68. The predicted octanol–water partition coefficient (Wildman–Crippen LogP) is 2.03. The van der Waals surface area contributed by atoms with Crippen molar-refractivity contribution in [1.82, 2.24) is 4.90 Å². The molecule has 0 aromatic rings. The standard InChI is InChI=1S/C13H21NO3/c15-12-3-1-2-8-14(12)11-6-4-10(5-7-11)9-13(16)17/h10-11H,1-9H2,(H,16,17). The van der Waals surface area contributed by atoms with Crippen molar-refractivity contribution in [3.63, 3.8) is 0 Å². The molecular formula is C13H21NO3. The molecule has 96 valence electrons. The molecule has 0 atom stereocenters. The van der Waals surface area contributed by atoms with E-state index in [9.17, 15) is 9.59 Å². The number of nitrogens with zero attached hydrogens (tertiary/aromatic N) is 1. The van der Waals surface area contributed by atoms with Gasteiger partial charge in [-0.1, -0.05) is 0 Å². The first-order chi connectivity index (χ1) is 8.16. The summed E-state index contributed by atoms with van der Waals surface area (Å²) in [6, 6.07) is 0.382. The average molecular weight is 239 g/mol. The van der Waals surface area contributed by atoms with E-state index in [2.05, 4.69) is 0 Å². The maximum Gasteiger partial charge on any atom is 0.303 e.